The molecule has 0 amide bonds. The molecule has 90 valence electrons. The molecule has 0 radical (unpaired) electrons. The van der Waals surface area contributed by atoms with Crippen molar-refractivity contribution in [2.24, 2.45) is 5.41 Å². The SMILES string of the molecule is CCC(CC)(CC)CCC(=O)OC(O)O. The minimum absolute atomic E-state index is 0.180. The van der Waals surface area contributed by atoms with E-state index in [4.69, 9.17) is 10.2 Å². The summed E-state index contributed by atoms with van der Waals surface area (Å²) in [6, 6.07) is 0. The van der Waals surface area contributed by atoms with Crippen LogP contribution in [0.5, 0.6) is 0 Å². The number of rotatable bonds is 7. The lowest BCUT2D eigenvalue weighted by Gasteiger charge is -2.30. The van der Waals surface area contributed by atoms with Crippen LogP contribution in [0.3, 0.4) is 0 Å². The molecule has 0 aliphatic rings. The number of aliphatic hydroxyl groups excluding tert-OH is 1. The second kappa shape index (κ2) is 6.80. The van der Waals surface area contributed by atoms with Crippen LogP contribution in [0, 0.1) is 5.41 Å². The highest BCUT2D eigenvalue weighted by atomic mass is 16.7. The zero-order valence-electron chi connectivity index (χ0n) is 9.82. The lowest BCUT2D eigenvalue weighted by molar-refractivity contribution is -0.230. The van der Waals surface area contributed by atoms with Crippen molar-refractivity contribution in [1.82, 2.24) is 0 Å². The van der Waals surface area contributed by atoms with Crippen molar-refractivity contribution in [3.05, 3.63) is 0 Å². The van der Waals surface area contributed by atoms with E-state index in [1.54, 1.807) is 0 Å². The van der Waals surface area contributed by atoms with Crippen molar-refractivity contribution in [1.29, 1.82) is 0 Å². The number of ether oxygens (including phenoxy) is 1. The van der Waals surface area contributed by atoms with Gasteiger partial charge in [-0.1, -0.05) is 40.0 Å². The molecule has 0 aliphatic heterocycles. The first-order chi connectivity index (χ1) is 6.99. The minimum atomic E-state index is -1.99. The highest BCUT2D eigenvalue weighted by molar-refractivity contribution is 5.69. The molecule has 0 rings (SSSR count). The molecule has 0 fully saturated rings. The molecular weight excluding hydrogens is 196 g/mol. The quantitative estimate of drug-likeness (QED) is 0.505. The molecule has 0 saturated carbocycles. The van der Waals surface area contributed by atoms with Gasteiger partial charge in [0.2, 0.25) is 0 Å². The Hall–Kier alpha value is -0.610. The summed E-state index contributed by atoms with van der Waals surface area (Å²) in [6.45, 7) is 4.34. The van der Waals surface area contributed by atoms with Crippen LogP contribution < -0.4 is 0 Å². The Bertz CT molecular complexity index is 177. The van der Waals surface area contributed by atoms with Gasteiger partial charge in [-0.05, 0) is 11.8 Å². The third-order valence-electron chi connectivity index (χ3n) is 3.35. The Balaban J connectivity index is 4.05. The molecule has 0 aromatic rings. The number of hydrogen-bond acceptors (Lipinski definition) is 4. The predicted molar refractivity (Wildman–Crippen MR) is 56.9 cm³/mol. The summed E-state index contributed by atoms with van der Waals surface area (Å²) < 4.78 is 4.25. The molecule has 0 bridgehead atoms. The van der Waals surface area contributed by atoms with E-state index in [1.165, 1.54) is 0 Å². The number of carbonyl (C=O) groups excluding carboxylic acids is 1. The van der Waals surface area contributed by atoms with Crippen LogP contribution in [0.25, 0.3) is 0 Å². The highest BCUT2D eigenvalue weighted by Crippen LogP contribution is 2.35. The highest BCUT2D eigenvalue weighted by Gasteiger charge is 2.25. The van der Waals surface area contributed by atoms with Crippen molar-refractivity contribution in [3.8, 4) is 0 Å². The second-order valence-electron chi connectivity index (χ2n) is 3.88. The van der Waals surface area contributed by atoms with Crippen LogP contribution in [0.15, 0.2) is 0 Å². The van der Waals surface area contributed by atoms with Gasteiger partial charge in [-0.2, -0.15) is 0 Å². The maximum absolute atomic E-state index is 11.1. The fourth-order valence-corrected chi connectivity index (χ4v) is 1.82. The smallest absolute Gasteiger partial charge is 0.313 e. The lowest BCUT2D eigenvalue weighted by Crippen LogP contribution is -2.22. The molecule has 4 nitrogen and oxygen atoms in total. The Morgan fingerprint density at radius 2 is 1.67 bits per heavy atom. The van der Waals surface area contributed by atoms with Crippen LogP contribution >= 0.6 is 0 Å². The minimum Gasteiger partial charge on any atom is -0.411 e. The van der Waals surface area contributed by atoms with Gasteiger partial charge in [0, 0.05) is 6.42 Å². The number of carbonyl (C=O) groups is 1. The van der Waals surface area contributed by atoms with Gasteiger partial charge in [0.05, 0.1) is 0 Å². The van der Waals surface area contributed by atoms with Gasteiger partial charge in [0.1, 0.15) is 0 Å². The van der Waals surface area contributed by atoms with E-state index in [2.05, 4.69) is 25.5 Å². The number of aliphatic hydroxyl groups is 2. The first kappa shape index (κ1) is 14.4. The summed E-state index contributed by atoms with van der Waals surface area (Å²) in [5.41, 5.74) is 0.180. The Labute approximate surface area is 91.3 Å². The van der Waals surface area contributed by atoms with Gasteiger partial charge >= 0.3 is 12.4 Å². The fourth-order valence-electron chi connectivity index (χ4n) is 1.82. The van der Waals surface area contributed by atoms with E-state index in [1.807, 2.05) is 0 Å². The molecule has 0 aromatic heterocycles. The molecule has 0 heterocycles. The number of hydrogen-bond donors (Lipinski definition) is 2. The van der Waals surface area contributed by atoms with E-state index < -0.39 is 12.4 Å². The van der Waals surface area contributed by atoms with E-state index in [0.717, 1.165) is 25.7 Å². The zero-order chi connectivity index (χ0) is 11.9. The summed E-state index contributed by atoms with van der Waals surface area (Å²) in [5.74, 6) is -0.551. The van der Waals surface area contributed by atoms with Gasteiger partial charge in [-0.15, -0.1) is 0 Å². The third-order valence-corrected chi connectivity index (χ3v) is 3.35. The van der Waals surface area contributed by atoms with E-state index in [0.29, 0.717) is 0 Å². The maximum Gasteiger partial charge on any atom is 0.313 e. The summed E-state index contributed by atoms with van der Waals surface area (Å²) in [7, 11) is 0. The molecule has 0 aromatic carbocycles. The summed E-state index contributed by atoms with van der Waals surface area (Å²) in [6.07, 6.45) is 4.05. The topological polar surface area (TPSA) is 66.8 Å². The van der Waals surface area contributed by atoms with Crippen molar-refractivity contribution < 1.29 is 19.7 Å². The Morgan fingerprint density at radius 3 is 2.00 bits per heavy atom. The van der Waals surface area contributed by atoms with Crippen molar-refractivity contribution in [2.75, 3.05) is 0 Å². The number of esters is 1. The van der Waals surface area contributed by atoms with E-state index >= 15 is 0 Å². The Morgan fingerprint density at radius 1 is 1.20 bits per heavy atom. The van der Waals surface area contributed by atoms with E-state index in [-0.39, 0.29) is 11.8 Å². The lowest BCUT2D eigenvalue weighted by atomic mass is 9.76. The van der Waals surface area contributed by atoms with E-state index in [9.17, 15) is 4.79 Å². The standard InChI is InChI=1S/C11H22O4/c1-4-11(5-2,6-3)8-7-9(12)15-10(13)14/h10,13-14H,4-8H2,1-3H3. The third kappa shape index (κ3) is 5.14. The fraction of sp³-hybridized carbons (Fsp3) is 0.909. The molecule has 2 N–H and O–H groups in total. The maximum atomic E-state index is 11.1. The summed E-state index contributed by atoms with van der Waals surface area (Å²) in [4.78, 5) is 11.1. The Kier molecular flexibility index (Phi) is 6.52. The van der Waals surface area contributed by atoms with Gasteiger partial charge in [-0.3, -0.25) is 4.79 Å². The van der Waals surface area contributed by atoms with Crippen LogP contribution in [0.4, 0.5) is 0 Å². The second-order valence-corrected chi connectivity index (χ2v) is 3.88. The first-order valence-corrected chi connectivity index (χ1v) is 5.55. The van der Waals surface area contributed by atoms with Crippen LogP contribution in [-0.4, -0.2) is 22.7 Å². The van der Waals surface area contributed by atoms with Gasteiger partial charge in [0.15, 0.2) is 0 Å². The van der Waals surface area contributed by atoms with Gasteiger partial charge < -0.3 is 14.9 Å². The molecule has 0 saturated heterocycles. The zero-order valence-corrected chi connectivity index (χ0v) is 9.82. The van der Waals surface area contributed by atoms with Gasteiger partial charge in [-0.25, -0.2) is 0 Å². The molecule has 0 unspecified atom stereocenters. The summed E-state index contributed by atoms with van der Waals surface area (Å²) >= 11 is 0. The van der Waals surface area contributed by atoms with Crippen molar-refractivity contribution in [2.45, 2.75) is 59.4 Å². The summed E-state index contributed by atoms with van der Waals surface area (Å²) in [5, 5.41) is 16.9. The van der Waals surface area contributed by atoms with Crippen molar-refractivity contribution in [3.63, 3.8) is 0 Å². The average molecular weight is 218 g/mol. The predicted octanol–water partition coefficient (Wildman–Crippen LogP) is 1.79. The molecule has 0 aliphatic carbocycles. The van der Waals surface area contributed by atoms with Crippen LogP contribution in [0.1, 0.15) is 52.9 Å². The van der Waals surface area contributed by atoms with Gasteiger partial charge in [0.25, 0.3) is 0 Å². The molecule has 0 spiro atoms. The van der Waals surface area contributed by atoms with Crippen LogP contribution in [-0.2, 0) is 9.53 Å². The van der Waals surface area contributed by atoms with Crippen LogP contribution in [0.2, 0.25) is 0 Å². The molecule has 15 heavy (non-hydrogen) atoms. The average Bonchev–Trinajstić information content (AvgIpc) is 2.20. The largest absolute Gasteiger partial charge is 0.411 e. The van der Waals surface area contributed by atoms with Crippen molar-refractivity contribution >= 4 is 5.97 Å². The normalized spacial score (nSPS) is 11.9. The molecule has 4 heteroatoms. The molecule has 0 atom stereocenters. The monoisotopic (exact) mass is 218 g/mol. The first-order valence-electron chi connectivity index (χ1n) is 5.55. The molecular formula is C11H22O4.